The summed E-state index contributed by atoms with van der Waals surface area (Å²) in [4.78, 5) is 8.73. The van der Waals surface area contributed by atoms with E-state index in [0.29, 0.717) is 18.2 Å². The van der Waals surface area contributed by atoms with Crippen molar-refractivity contribution < 1.29 is 4.74 Å². The highest BCUT2D eigenvalue weighted by Gasteiger charge is 2.07. The van der Waals surface area contributed by atoms with Gasteiger partial charge in [0.05, 0.1) is 5.52 Å². The number of benzene rings is 1. The van der Waals surface area contributed by atoms with Gasteiger partial charge in [-0.15, -0.1) is 0 Å². The van der Waals surface area contributed by atoms with E-state index in [2.05, 4.69) is 16.0 Å². The van der Waals surface area contributed by atoms with Gasteiger partial charge in [0.1, 0.15) is 6.61 Å². The fourth-order valence-electron chi connectivity index (χ4n) is 2.36. The van der Waals surface area contributed by atoms with Crippen LogP contribution in [0.5, 0.6) is 5.75 Å². The summed E-state index contributed by atoms with van der Waals surface area (Å²) in [6.07, 6.45) is 0. The Morgan fingerprint density at radius 3 is 2.62 bits per heavy atom. The van der Waals surface area contributed by atoms with Crippen LogP contribution in [-0.4, -0.2) is 9.97 Å². The third-order valence-corrected chi connectivity index (χ3v) is 3.34. The van der Waals surface area contributed by atoms with E-state index in [9.17, 15) is 0 Å². The van der Waals surface area contributed by atoms with Crippen molar-refractivity contribution in [3.8, 4) is 5.75 Å². The molecule has 0 radical (unpaired) electrons. The first-order valence-corrected chi connectivity index (χ1v) is 6.84. The van der Waals surface area contributed by atoms with Gasteiger partial charge < -0.3 is 10.5 Å². The van der Waals surface area contributed by atoms with Gasteiger partial charge in [0, 0.05) is 22.3 Å². The molecule has 0 fully saturated rings. The van der Waals surface area contributed by atoms with Crippen molar-refractivity contribution in [1.82, 2.24) is 9.97 Å². The fraction of sp³-hybridized carbons (Fsp3) is 0.176. The molecular formula is C17H17N3O. The number of rotatable bonds is 3. The van der Waals surface area contributed by atoms with Gasteiger partial charge >= 0.3 is 0 Å². The highest BCUT2D eigenvalue weighted by Crippen LogP contribution is 2.23. The normalized spacial score (nSPS) is 10.8. The van der Waals surface area contributed by atoms with E-state index in [1.807, 2.05) is 50.2 Å². The van der Waals surface area contributed by atoms with Crippen LogP contribution in [0.15, 0.2) is 42.5 Å². The molecule has 2 aromatic heterocycles. The van der Waals surface area contributed by atoms with Crippen molar-refractivity contribution in [1.29, 1.82) is 0 Å². The lowest BCUT2D eigenvalue weighted by atomic mass is 10.1. The summed E-state index contributed by atoms with van der Waals surface area (Å²) in [5.74, 6) is 1.03. The zero-order valence-electron chi connectivity index (χ0n) is 12.1. The maximum Gasteiger partial charge on any atom is 0.166 e. The van der Waals surface area contributed by atoms with Crippen LogP contribution in [0.1, 0.15) is 17.0 Å². The number of nitrogens with zero attached hydrogens (tertiary/aromatic N) is 2. The lowest BCUT2D eigenvalue weighted by molar-refractivity contribution is 0.308. The van der Waals surface area contributed by atoms with Crippen molar-refractivity contribution in [2.75, 3.05) is 5.73 Å². The van der Waals surface area contributed by atoms with Crippen molar-refractivity contribution in [2.24, 2.45) is 0 Å². The predicted octanol–water partition coefficient (Wildman–Crippen LogP) is 3.41. The van der Waals surface area contributed by atoms with Gasteiger partial charge in [-0.3, -0.25) is 4.98 Å². The molecule has 2 N–H and O–H groups in total. The smallest absolute Gasteiger partial charge is 0.166 e. The van der Waals surface area contributed by atoms with Crippen LogP contribution in [-0.2, 0) is 6.61 Å². The summed E-state index contributed by atoms with van der Waals surface area (Å²) in [5.41, 5.74) is 9.81. The standard InChI is InChI=1S/C17H17N3O/c1-11-7-8-16(17(18)20-11)21-10-13-9-12(2)19-15-6-4-3-5-14(13)15/h3-9H,10H2,1-2H3,(H2,18,20). The van der Waals surface area contributed by atoms with Crippen LogP contribution in [0, 0.1) is 13.8 Å². The van der Waals surface area contributed by atoms with Crippen molar-refractivity contribution in [3.05, 3.63) is 59.4 Å². The average Bonchev–Trinajstić information content (AvgIpc) is 2.46. The zero-order chi connectivity index (χ0) is 14.8. The van der Waals surface area contributed by atoms with Crippen LogP contribution in [0.2, 0.25) is 0 Å². The van der Waals surface area contributed by atoms with Crippen molar-refractivity contribution >= 4 is 16.7 Å². The molecule has 0 aliphatic heterocycles. The molecule has 0 aliphatic carbocycles. The molecule has 21 heavy (non-hydrogen) atoms. The number of hydrogen-bond acceptors (Lipinski definition) is 4. The van der Waals surface area contributed by atoms with Crippen LogP contribution in [0.25, 0.3) is 10.9 Å². The van der Waals surface area contributed by atoms with Gasteiger partial charge in [-0.05, 0) is 38.1 Å². The second-order valence-electron chi connectivity index (χ2n) is 5.06. The summed E-state index contributed by atoms with van der Waals surface area (Å²) in [5, 5.41) is 1.10. The van der Waals surface area contributed by atoms with E-state index >= 15 is 0 Å². The third-order valence-electron chi connectivity index (χ3n) is 3.34. The van der Waals surface area contributed by atoms with Gasteiger partial charge in [-0.25, -0.2) is 4.98 Å². The zero-order valence-corrected chi connectivity index (χ0v) is 12.1. The Kier molecular flexibility index (Phi) is 3.44. The summed E-state index contributed by atoms with van der Waals surface area (Å²) >= 11 is 0. The van der Waals surface area contributed by atoms with Crippen LogP contribution >= 0.6 is 0 Å². The molecule has 0 bridgehead atoms. The van der Waals surface area contributed by atoms with Crippen molar-refractivity contribution in [2.45, 2.75) is 20.5 Å². The van der Waals surface area contributed by atoms with E-state index in [1.54, 1.807) is 0 Å². The maximum absolute atomic E-state index is 5.88. The molecule has 2 heterocycles. The molecular weight excluding hydrogens is 262 g/mol. The predicted molar refractivity (Wildman–Crippen MR) is 84.2 cm³/mol. The molecule has 4 nitrogen and oxygen atoms in total. The second-order valence-corrected chi connectivity index (χ2v) is 5.06. The largest absolute Gasteiger partial charge is 0.485 e. The molecule has 4 heteroatoms. The number of nitrogen functional groups attached to an aromatic ring is 1. The summed E-state index contributed by atoms with van der Waals surface area (Å²) < 4.78 is 5.83. The Hall–Kier alpha value is -2.62. The van der Waals surface area contributed by atoms with Crippen LogP contribution < -0.4 is 10.5 Å². The van der Waals surface area contributed by atoms with Crippen molar-refractivity contribution in [3.63, 3.8) is 0 Å². The van der Waals surface area contributed by atoms with Gasteiger partial charge in [-0.1, -0.05) is 18.2 Å². The molecule has 3 aromatic rings. The van der Waals surface area contributed by atoms with Crippen LogP contribution in [0.4, 0.5) is 5.82 Å². The van der Waals surface area contributed by atoms with E-state index in [1.165, 1.54) is 0 Å². The Labute approximate surface area is 123 Å². The molecule has 0 saturated carbocycles. The molecule has 0 aliphatic rings. The monoisotopic (exact) mass is 279 g/mol. The first-order chi connectivity index (χ1) is 10.1. The van der Waals surface area contributed by atoms with E-state index in [4.69, 9.17) is 10.5 Å². The lowest BCUT2D eigenvalue weighted by Crippen LogP contribution is -2.02. The second kappa shape index (κ2) is 5.40. The van der Waals surface area contributed by atoms with Gasteiger partial charge in [-0.2, -0.15) is 0 Å². The molecule has 0 unspecified atom stereocenters. The number of aromatic nitrogens is 2. The Balaban J connectivity index is 1.91. The minimum atomic E-state index is 0.421. The van der Waals surface area contributed by atoms with Crippen LogP contribution in [0.3, 0.4) is 0 Å². The summed E-state index contributed by atoms with van der Waals surface area (Å²) in [6.45, 7) is 4.33. The summed E-state index contributed by atoms with van der Waals surface area (Å²) in [7, 11) is 0. The number of para-hydroxylation sites is 1. The average molecular weight is 279 g/mol. The SMILES string of the molecule is Cc1ccc(OCc2cc(C)nc3ccccc23)c(N)n1. The summed E-state index contributed by atoms with van der Waals surface area (Å²) in [6, 6.07) is 13.8. The number of aryl methyl sites for hydroxylation is 2. The van der Waals surface area contributed by atoms with Gasteiger partial charge in [0.2, 0.25) is 0 Å². The number of pyridine rings is 2. The van der Waals surface area contributed by atoms with Gasteiger partial charge in [0.25, 0.3) is 0 Å². The first kappa shape index (κ1) is 13.4. The molecule has 0 amide bonds. The number of anilines is 1. The van der Waals surface area contributed by atoms with E-state index < -0.39 is 0 Å². The fourth-order valence-corrected chi connectivity index (χ4v) is 2.36. The highest BCUT2D eigenvalue weighted by atomic mass is 16.5. The minimum Gasteiger partial charge on any atom is -0.485 e. The Morgan fingerprint density at radius 2 is 1.81 bits per heavy atom. The Bertz CT molecular complexity index is 799. The van der Waals surface area contributed by atoms with E-state index in [0.717, 1.165) is 27.9 Å². The number of fused-ring (bicyclic) bond motifs is 1. The van der Waals surface area contributed by atoms with Gasteiger partial charge in [0.15, 0.2) is 11.6 Å². The Morgan fingerprint density at radius 1 is 1.00 bits per heavy atom. The minimum absolute atomic E-state index is 0.421. The highest BCUT2D eigenvalue weighted by molar-refractivity contribution is 5.82. The third kappa shape index (κ3) is 2.79. The number of ether oxygens (including phenoxy) is 1. The quantitative estimate of drug-likeness (QED) is 0.798. The molecule has 106 valence electrons. The molecule has 0 saturated heterocycles. The lowest BCUT2D eigenvalue weighted by Gasteiger charge is -2.11. The number of hydrogen-bond donors (Lipinski definition) is 1. The first-order valence-electron chi connectivity index (χ1n) is 6.84. The molecule has 0 spiro atoms. The molecule has 0 atom stereocenters. The maximum atomic E-state index is 5.88. The number of nitrogens with two attached hydrogens (primary N) is 1. The topological polar surface area (TPSA) is 61.0 Å². The van der Waals surface area contributed by atoms with E-state index in [-0.39, 0.29) is 0 Å². The molecule has 3 rings (SSSR count). The molecule has 1 aromatic carbocycles.